The van der Waals surface area contributed by atoms with E-state index in [2.05, 4.69) is 54.3 Å². The summed E-state index contributed by atoms with van der Waals surface area (Å²) >= 11 is 3.15. The number of fused-ring (bicyclic) bond motifs is 3. The topological polar surface area (TPSA) is 17.1 Å². The van der Waals surface area contributed by atoms with Crippen LogP contribution in [-0.2, 0) is 4.79 Å². The molecule has 0 saturated carbocycles. The van der Waals surface area contributed by atoms with E-state index in [0.717, 1.165) is 17.7 Å². The molecule has 3 rings (SSSR count). The highest BCUT2D eigenvalue weighted by Crippen LogP contribution is 2.33. The SMILES string of the molecule is CC(=O)SCCC#Cc1ccc2sc3ccccc3c2c1. The predicted octanol–water partition coefficient (Wildman–Crippen LogP) is 5.08. The van der Waals surface area contributed by atoms with Crippen LogP contribution in [0.5, 0.6) is 0 Å². The minimum absolute atomic E-state index is 0.156. The summed E-state index contributed by atoms with van der Waals surface area (Å²) < 4.78 is 2.62. The molecule has 3 heteroatoms. The molecule has 0 bridgehead atoms. The van der Waals surface area contributed by atoms with Gasteiger partial charge in [-0.1, -0.05) is 41.8 Å². The number of rotatable bonds is 2. The molecular formula is C18H14OS2. The molecule has 104 valence electrons. The number of thioether (sulfide) groups is 1. The highest BCUT2D eigenvalue weighted by Gasteiger charge is 2.04. The van der Waals surface area contributed by atoms with Gasteiger partial charge in [-0.05, 0) is 24.3 Å². The summed E-state index contributed by atoms with van der Waals surface area (Å²) in [4.78, 5) is 10.8. The van der Waals surface area contributed by atoms with Crippen molar-refractivity contribution in [2.24, 2.45) is 0 Å². The van der Waals surface area contributed by atoms with Crippen molar-refractivity contribution in [1.82, 2.24) is 0 Å². The van der Waals surface area contributed by atoms with Crippen molar-refractivity contribution in [3.8, 4) is 11.8 Å². The third-order valence-electron chi connectivity index (χ3n) is 3.14. The van der Waals surface area contributed by atoms with Gasteiger partial charge in [-0.25, -0.2) is 0 Å². The van der Waals surface area contributed by atoms with Gasteiger partial charge in [0, 0.05) is 44.8 Å². The first-order chi connectivity index (χ1) is 10.2. The minimum Gasteiger partial charge on any atom is -0.288 e. The smallest absolute Gasteiger partial charge is 0.185 e. The largest absolute Gasteiger partial charge is 0.288 e. The fraction of sp³-hybridized carbons (Fsp3) is 0.167. The van der Waals surface area contributed by atoms with Gasteiger partial charge in [0.25, 0.3) is 0 Å². The zero-order chi connectivity index (χ0) is 14.7. The molecule has 0 saturated heterocycles. The van der Waals surface area contributed by atoms with Gasteiger partial charge in [0.15, 0.2) is 5.12 Å². The molecule has 0 aliphatic heterocycles. The molecule has 0 radical (unpaired) electrons. The maximum absolute atomic E-state index is 10.8. The molecule has 0 atom stereocenters. The Bertz CT molecular complexity index is 865. The van der Waals surface area contributed by atoms with Crippen LogP contribution in [0.15, 0.2) is 42.5 Å². The Hall–Kier alpha value is -1.76. The van der Waals surface area contributed by atoms with Crippen LogP contribution in [0, 0.1) is 11.8 Å². The Kier molecular flexibility index (Phi) is 4.28. The fourth-order valence-electron chi connectivity index (χ4n) is 2.21. The Balaban J connectivity index is 1.85. The number of hydrogen-bond acceptors (Lipinski definition) is 3. The van der Waals surface area contributed by atoms with Crippen LogP contribution in [0.2, 0.25) is 0 Å². The van der Waals surface area contributed by atoms with Crippen molar-refractivity contribution in [3.05, 3.63) is 48.0 Å². The van der Waals surface area contributed by atoms with Crippen molar-refractivity contribution in [1.29, 1.82) is 0 Å². The van der Waals surface area contributed by atoms with Crippen molar-refractivity contribution < 1.29 is 4.79 Å². The third-order valence-corrected chi connectivity index (χ3v) is 5.11. The van der Waals surface area contributed by atoms with Crippen LogP contribution >= 0.6 is 23.1 Å². The lowest BCUT2D eigenvalue weighted by atomic mass is 10.1. The Morgan fingerprint density at radius 2 is 1.95 bits per heavy atom. The van der Waals surface area contributed by atoms with Crippen LogP contribution in [0.25, 0.3) is 20.2 Å². The summed E-state index contributed by atoms with van der Waals surface area (Å²) in [6.45, 7) is 1.59. The van der Waals surface area contributed by atoms with E-state index < -0.39 is 0 Å². The number of thiophene rings is 1. The summed E-state index contributed by atoms with van der Waals surface area (Å²) in [6, 6.07) is 14.9. The number of hydrogen-bond donors (Lipinski definition) is 0. The van der Waals surface area contributed by atoms with E-state index >= 15 is 0 Å². The maximum Gasteiger partial charge on any atom is 0.185 e. The van der Waals surface area contributed by atoms with Gasteiger partial charge < -0.3 is 0 Å². The summed E-state index contributed by atoms with van der Waals surface area (Å²) in [7, 11) is 0. The molecule has 21 heavy (non-hydrogen) atoms. The number of benzene rings is 2. The molecule has 3 aromatic rings. The standard InChI is InChI=1S/C18H14OS2/c1-13(19)20-11-5-4-6-14-9-10-18-16(12-14)15-7-2-3-8-17(15)21-18/h2-3,7-10,12H,5,11H2,1H3. The van der Waals surface area contributed by atoms with E-state index in [1.165, 1.54) is 31.9 Å². The summed E-state index contributed by atoms with van der Waals surface area (Å²) in [5, 5.41) is 2.73. The molecule has 0 N–H and O–H groups in total. The quantitative estimate of drug-likeness (QED) is 0.485. The van der Waals surface area contributed by atoms with E-state index in [9.17, 15) is 4.79 Å². The zero-order valence-electron chi connectivity index (χ0n) is 11.7. The van der Waals surface area contributed by atoms with E-state index in [1.54, 1.807) is 6.92 Å². The van der Waals surface area contributed by atoms with Crippen LogP contribution in [0.4, 0.5) is 0 Å². The molecule has 0 unspecified atom stereocenters. The summed E-state index contributed by atoms with van der Waals surface area (Å²) in [5.41, 5.74) is 1.04. The van der Waals surface area contributed by atoms with Gasteiger partial charge in [0.2, 0.25) is 0 Å². The predicted molar refractivity (Wildman–Crippen MR) is 94.0 cm³/mol. The first-order valence-electron chi connectivity index (χ1n) is 6.77. The van der Waals surface area contributed by atoms with E-state index in [0.29, 0.717) is 0 Å². The Labute approximate surface area is 132 Å². The summed E-state index contributed by atoms with van der Waals surface area (Å²) in [6.07, 6.45) is 0.743. The lowest BCUT2D eigenvalue weighted by molar-refractivity contribution is -0.109. The Morgan fingerprint density at radius 3 is 2.81 bits per heavy atom. The second-order valence-corrected chi connectivity index (χ2v) is 7.06. The molecule has 0 fully saturated rings. The summed E-state index contributed by atoms with van der Waals surface area (Å²) in [5.74, 6) is 7.11. The van der Waals surface area contributed by atoms with Gasteiger partial charge in [-0.15, -0.1) is 11.3 Å². The fourth-order valence-corrected chi connectivity index (χ4v) is 3.79. The van der Waals surface area contributed by atoms with E-state index in [1.807, 2.05) is 11.3 Å². The molecule has 0 aliphatic rings. The van der Waals surface area contributed by atoms with Crippen molar-refractivity contribution in [2.45, 2.75) is 13.3 Å². The highest BCUT2D eigenvalue weighted by atomic mass is 32.2. The second-order valence-electron chi connectivity index (χ2n) is 4.70. The minimum atomic E-state index is 0.156. The number of carbonyl (C=O) groups is 1. The highest BCUT2D eigenvalue weighted by molar-refractivity contribution is 8.13. The van der Waals surface area contributed by atoms with Gasteiger partial charge >= 0.3 is 0 Å². The van der Waals surface area contributed by atoms with Crippen LogP contribution in [0.3, 0.4) is 0 Å². The molecule has 0 amide bonds. The van der Waals surface area contributed by atoms with Crippen molar-refractivity contribution in [3.63, 3.8) is 0 Å². The first-order valence-corrected chi connectivity index (χ1v) is 8.58. The average molecular weight is 310 g/mol. The molecule has 2 aromatic carbocycles. The monoisotopic (exact) mass is 310 g/mol. The Morgan fingerprint density at radius 1 is 1.14 bits per heavy atom. The molecule has 1 heterocycles. The average Bonchev–Trinajstić information content (AvgIpc) is 2.84. The normalized spacial score (nSPS) is 10.5. The van der Waals surface area contributed by atoms with Gasteiger partial charge in [0.1, 0.15) is 0 Å². The van der Waals surface area contributed by atoms with Crippen molar-refractivity contribution >= 4 is 48.4 Å². The molecular weight excluding hydrogens is 296 g/mol. The number of carbonyl (C=O) groups excluding carboxylic acids is 1. The van der Waals surface area contributed by atoms with Crippen LogP contribution in [-0.4, -0.2) is 10.9 Å². The maximum atomic E-state index is 10.8. The third kappa shape index (κ3) is 3.29. The second kappa shape index (κ2) is 6.34. The van der Waals surface area contributed by atoms with Gasteiger partial charge in [-0.2, -0.15) is 0 Å². The van der Waals surface area contributed by atoms with Gasteiger partial charge in [0.05, 0.1) is 0 Å². The molecule has 0 aliphatic carbocycles. The van der Waals surface area contributed by atoms with Crippen LogP contribution < -0.4 is 0 Å². The molecule has 1 nitrogen and oxygen atoms in total. The van der Waals surface area contributed by atoms with Gasteiger partial charge in [-0.3, -0.25) is 4.79 Å². The lowest BCUT2D eigenvalue weighted by Gasteiger charge is -1.93. The zero-order valence-corrected chi connectivity index (χ0v) is 13.3. The van der Waals surface area contributed by atoms with Crippen LogP contribution in [0.1, 0.15) is 18.9 Å². The van der Waals surface area contributed by atoms with E-state index in [4.69, 9.17) is 0 Å². The van der Waals surface area contributed by atoms with E-state index in [-0.39, 0.29) is 5.12 Å². The molecule has 0 spiro atoms. The van der Waals surface area contributed by atoms with Crippen molar-refractivity contribution in [2.75, 3.05) is 5.75 Å². The lowest BCUT2D eigenvalue weighted by Crippen LogP contribution is -1.84. The first kappa shape index (κ1) is 14.2. The molecule has 1 aromatic heterocycles.